The zero-order chi connectivity index (χ0) is 14.9. The molecule has 0 saturated carbocycles. The maximum Gasteiger partial charge on any atom is 0.294 e. The first-order valence-electron chi connectivity index (χ1n) is 5.88. The molecule has 0 amide bonds. The summed E-state index contributed by atoms with van der Waals surface area (Å²) in [5, 5.41) is 3.09. The third kappa shape index (κ3) is 9.38. The predicted octanol–water partition coefficient (Wildman–Crippen LogP) is 1.35. The molecule has 6 heteroatoms. The number of rotatable bonds is 5. The van der Waals surface area contributed by atoms with Crippen LogP contribution in [-0.4, -0.2) is 32.1 Å². The maximum absolute atomic E-state index is 10.5. The molecule has 1 aromatic carbocycles. The molecule has 0 bridgehead atoms. The number of aryl methyl sites for hydroxylation is 1. The second kappa shape index (κ2) is 8.82. The number of hydrogen-bond acceptors (Lipinski definition) is 4. The minimum Gasteiger partial charge on any atom is -0.327 e. The van der Waals surface area contributed by atoms with E-state index in [0.29, 0.717) is 0 Å². The van der Waals surface area contributed by atoms with Gasteiger partial charge in [-0.15, -0.1) is 6.58 Å². The Balaban J connectivity index is 0.000000362. The fraction of sp³-hybridized carbons (Fsp3) is 0.385. The van der Waals surface area contributed by atoms with Gasteiger partial charge in [-0.2, -0.15) is 8.42 Å². The Kier molecular flexibility index (Phi) is 8.26. The van der Waals surface area contributed by atoms with Crippen LogP contribution in [0.3, 0.4) is 0 Å². The fourth-order valence-corrected chi connectivity index (χ4v) is 1.60. The number of benzene rings is 1. The molecule has 0 spiro atoms. The molecule has 0 heterocycles. The molecule has 108 valence electrons. The monoisotopic (exact) mass is 286 g/mol. The van der Waals surface area contributed by atoms with E-state index < -0.39 is 10.1 Å². The maximum atomic E-state index is 10.5. The lowest BCUT2D eigenvalue weighted by atomic mass is 10.2. The van der Waals surface area contributed by atoms with E-state index in [1.807, 2.05) is 19.9 Å². The molecule has 0 fully saturated rings. The lowest BCUT2D eigenvalue weighted by Crippen LogP contribution is -2.30. The van der Waals surface area contributed by atoms with Crippen molar-refractivity contribution >= 4 is 10.1 Å². The number of nitrogens with one attached hydrogen (secondary N) is 1. The Morgan fingerprint density at radius 3 is 2.32 bits per heavy atom. The van der Waals surface area contributed by atoms with Crippen molar-refractivity contribution in [2.24, 2.45) is 5.73 Å². The molecular formula is C13H22N2O3S. The summed E-state index contributed by atoms with van der Waals surface area (Å²) in [5.74, 6) is 0. The minimum atomic E-state index is -4.02. The van der Waals surface area contributed by atoms with Gasteiger partial charge < -0.3 is 11.1 Å². The summed E-state index contributed by atoms with van der Waals surface area (Å²) in [6.45, 7) is 9.08. The van der Waals surface area contributed by atoms with E-state index in [1.165, 1.54) is 12.1 Å². The molecule has 5 nitrogen and oxygen atoms in total. The summed E-state index contributed by atoms with van der Waals surface area (Å²) in [6, 6.07) is 6.23. The van der Waals surface area contributed by atoms with Gasteiger partial charge in [0.25, 0.3) is 10.1 Å². The highest BCUT2D eigenvalue weighted by molar-refractivity contribution is 7.85. The van der Waals surface area contributed by atoms with E-state index in [0.717, 1.165) is 18.7 Å². The molecule has 1 unspecified atom stereocenters. The van der Waals surface area contributed by atoms with Crippen molar-refractivity contribution < 1.29 is 13.0 Å². The van der Waals surface area contributed by atoms with Crippen LogP contribution >= 0.6 is 0 Å². The topological polar surface area (TPSA) is 92.4 Å². The third-order valence-electron chi connectivity index (χ3n) is 2.07. The van der Waals surface area contributed by atoms with Crippen LogP contribution in [0.2, 0.25) is 0 Å². The normalized spacial score (nSPS) is 12.2. The van der Waals surface area contributed by atoms with Crippen molar-refractivity contribution in [1.82, 2.24) is 5.32 Å². The third-order valence-corrected chi connectivity index (χ3v) is 2.94. The van der Waals surface area contributed by atoms with Crippen LogP contribution in [0.5, 0.6) is 0 Å². The average molecular weight is 286 g/mol. The van der Waals surface area contributed by atoms with E-state index in [1.54, 1.807) is 12.1 Å². The van der Waals surface area contributed by atoms with Gasteiger partial charge in [-0.3, -0.25) is 4.55 Å². The van der Waals surface area contributed by atoms with Crippen molar-refractivity contribution in [2.45, 2.75) is 24.8 Å². The zero-order valence-electron chi connectivity index (χ0n) is 11.3. The highest BCUT2D eigenvalue weighted by Gasteiger charge is 2.06. The summed E-state index contributed by atoms with van der Waals surface area (Å²) in [7, 11) is -4.02. The number of nitrogens with two attached hydrogens (primary N) is 1. The van der Waals surface area contributed by atoms with Crippen molar-refractivity contribution in [3.05, 3.63) is 42.5 Å². The van der Waals surface area contributed by atoms with Crippen molar-refractivity contribution in [2.75, 3.05) is 13.1 Å². The number of hydrogen-bond donors (Lipinski definition) is 3. The molecule has 0 aliphatic carbocycles. The summed E-state index contributed by atoms with van der Waals surface area (Å²) < 4.78 is 29.6. The summed E-state index contributed by atoms with van der Waals surface area (Å²) in [5.41, 5.74) is 6.39. The van der Waals surface area contributed by atoms with Crippen LogP contribution in [-0.2, 0) is 10.1 Å². The van der Waals surface area contributed by atoms with Crippen LogP contribution in [0.4, 0.5) is 0 Å². The van der Waals surface area contributed by atoms with Gasteiger partial charge in [0, 0.05) is 19.1 Å². The Morgan fingerprint density at radius 1 is 1.42 bits per heavy atom. The first-order valence-corrected chi connectivity index (χ1v) is 7.32. The molecular weight excluding hydrogens is 264 g/mol. The lowest BCUT2D eigenvalue weighted by molar-refractivity contribution is 0.483. The quantitative estimate of drug-likeness (QED) is 0.432. The zero-order valence-corrected chi connectivity index (χ0v) is 12.2. The molecule has 0 radical (unpaired) electrons. The van der Waals surface area contributed by atoms with Crippen molar-refractivity contribution in [3.8, 4) is 0 Å². The lowest BCUT2D eigenvalue weighted by Gasteiger charge is -2.02. The van der Waals surface area contributed by atoms with Gasteiger partial charge in [-0.05, 0) is 26.0 Å². The Bertz CT molecular complexity index is 467. The Labute approximate surface area is 115 Å². The van der Waals surface area contributed by atoms with E-state index >= 15 is 0 Å². The van der Waals surface area contributed by atoms with E-state index in [4.69, 9.17) is 10.3 Å². The smallest absolute Gasteiger partial charge is 0.294 e. The Hall–Kier alpha value is -1.21. The molecule has 0 aliphatic heterocycles. The van der Waals surface area contributed by atoms with Gasteiger partial charge in [0.1, 0.15) is 0 Å². The van der Waals surface area contributed by atoms with Crippen LogP contribution in [0.1, 0.15) is 12.5 Å². The largest absolute Gasteiger partial charge is 0.327 e. The van der Waals surface area contributed by atoms with Gasteiger partial charge in [0.15, 0.2) is 0 Å². The molecule has 4 N–H and O–H groups in total. The van der Waals surface area contributed by atoms with Crippen molar-refractivity contribution in [3.63, 3.8) is 0 Å². The van der Waals surface area contributed by atoms with E-state index in [9.17, 15) is 8.42 Å². The first kappa shape index (κ1) is 17.8. The van der Waals surface area contributed by atoms with E-state index in [-0.39, 0.29) is 10.9 Å². The van der Waals surface area contributed by atoms with Gasteiger partial charge in [0.05, 0.1) is 4.90 Å². The second-order valence-electron chi connectivity index (χ2n) is 4.21. The highest BCUT2D eigenvalue weighted by atomic mass is 32.2. The molecule has 19 heavy (non-hydrogen) atoms. The molecule has 1 rings (SSSR count). The molecule has 0 aliphatic rings. The minimum absolute atomic E-state index is 0.0666. The fourth-order valence-electron chi connectivity index (χ4n) is 1.12. The Morgan fingerprint density at radius 2 is 1.95 bits per heavy atom. The molecule has 0 aromatic heterocycles. The molecule has 1 aromatic rings. The average Bonchev–Trinajstić information content (AvgIpc) is 2.29. The van der Waals surface area contributed by atoms with Gasteiger partial charge in [0.2, 0.25) is 0 Å². The summed E-state index contributed by atoms with van der Waals surface area (Å²) in [6.07, 6.45) is 1.82. The SMILES string of the molecule is C=CCNCC(C)N.Cc1ccc(S(=O)(=O)O)cc1. The van der Waals surface area contributed by atoms with Gasteiger partial charge in [-0.25, -0.2) is 0 Å². The van der Waals surface area contributed by atoms with Crippen LogP contribution in [0.15, 0.2) is 41.8 Å². The van der Waals surface area contributed by atoms with Gasteiger partial charge >= 0.3 is 0 Å². The van der Waals surface area contributed by atoms with Crippen molar-refractivity contribution in [1.29, 1.82) is 0 Å². The summed E-state index contributed by atoms with van der Waals surface area (Å²) >= 11 is 0. The van der Waals surface area contributed by atoms with Crippen LogP contribution in [0.25, 0.3) is 0 Å². The van der Waals surface area contributed by atoms with Gasteiger partial charge in [-0.1, -0.05) is 23.8 Å². The highest BCUT2D eigenvalue weighted by Crippen LogP contribution is 2.08. The van der Waals surface area contributed by atoms with Crippen LogP contribution < -0.4 is 11.1 Å². The van der Waals surface area contributed by atoms with Crippen LogP contribution in [0, 0.1) is 6.92 Å². The molecule has 0 saturated heterocycles. The molecule has 1 atom stereocenters. The standard InChI is InChI=1S/C7H8O3S.C6H14N2/c1-6-2-4-7(5-3-6)11(8,9)10;1-3-4-8-5-6(2)7/h2-5H,1H3,(H,8,9,10);3,6,8H,1,4-5,7H2,2H3. The first-order chi connectivity index (χ1) is 8.77. The predicted molar refractivity (Wildman–Crippen MR) is 77.7 cm³/mol. The second-order valence-corrected chi connectivity index (χ2v) is 5.63. The van der Waals surface area contributed by atoms with E-state index in [2.05, 4.69) is 11.9 Å². The summed E-state index contributed by atoms with van der Waals surface area (Å²) in [4.78, 5) is -0.0666.